The second-order valence-corrected chi connectivity index (χ2v) is 5.75. The van der Waals surface area contributed by atoms with Gasteiger partial charge in [0.2, 0.25) is 0 Å². The monoisotopic (exact) mass is 269 g/mol. The predicted octanol–water partition coefficient (Wildman–Crippen LogP) is 3.03. The fourth-order valence-corrected chi connectivity index (χ4v) is 3.05. The second kappa shape index (κ2) is 5.80. The van der Waals surface area contributed by atoms with Gasteiger partial charge in [-0.2, -0.15) is 0 Å². The van der Waals surface area contributed by atoms with Crippen molar-refractivity contribution in [2.45, 2.75) is 32.6 Å². The second-order valence-electron chi connectivity index (χ2n) is 5.75. The van der Waals surface area contributed by atoms with E-state index < -0.39 is 0 Å². The summed E-state index contributed by atoms with van der Waals surface area (Å²) in [5.41, 5.74) is 9.46. The molecule has 0 bridgehead atoms. The first kappa shape index (κ1) is 13.4. The summed E-state index contributed by atoms with van der Waals surface area (Å²) in [5.74, 6) is 1.16. The molecule has 1 aromatic carbocycles. The third-order valence-corrected chi connectivity index (χ3v) is 4.10. The lowest BCUT2D eigenvalue weighted by Crippen LogP contribution is -2.31. The van der Waals surface area contributed by atoms with Crippen molar-refractivity contribution in [1.29, 1.82) is 0 Å². The Kier molecular flexibility index (Phi) is 3.88. The summed E-state index contributed by atoms with van der Waals surface area (Å²) in [7, 11) is 0. The molecule has 0 amide bonds. The molecule has 1 saturated heterocycles. The third kappa shape index (κ3) is 2.63. The fraction of sp³-hybridized carbons (Fsp3) is 0.471. The van der Waals surface area contributed by atoms with Crippen LogP contribution in [0.25, 0.3) is 10.9 Å². The van der Waals surface area contributed by atoms with E-state index in [1.165, 1.54) is 35.8 Å². The van der Waals surface area contributed by atoms with Crippen molar-refractivity contribution >= 4 is 16.7 Å². The van der Waals surface area contributed by atoms with Crippen LogP contribution in [0.5, 0.6) is 0 Å². The Morgan fingerprint density at radius 2 is 1.95 bits per heavy atom. The Bertz CT molecular complexity index is 600. The van der Waals surface area contributed by atoms with Crippen LogP contribution in [0, 0.1) is 6.92 Å². The van der Waals surface area contributed by atoms with Crippen molar-refractivity contribution in [2.24, 2.45) is 5.73 Å². The zero-order valence-corrected chi connectivity index (χ0v) is 12.2. The number of piperidine rings is 1. The maximum atomic E-state index is 5.79. The van der Waals surface area contributed by atoms with E-state index in [2.05, 4.69) is 36.1 Å². The van der Waals surface area contributed by atoms with Crippen LogP contribution >= 0.6 is 0 Å². The van der Waals surface area contributed by atoms with E-state index in [-0.39, 0.29) is 0 Å². The summed E-state index contributed by atoms with van der Waals surface area (Å²) in [5, 5.41) is 1.23. The van der Waals surface area contributed by atoms with E-state index in [1.807, 2.05) is 0 Å². The highest BCUT2D eigenvalue weighted by Gasteiger charge is 2.16. The minimum atomic E-state index is 0.680. The van der Waals surface area contributed by atoms with Crippen molar-refractivity contribution in [1.82, 2.24) is 4.98 Å². The van der Waals surface area contributed by atoms with E-state index in [1.54, 1.807) is 0 Å². The summed E-state index contributed by atoms with van der Waals surface area (Å²) in [6.45, 7) is 5.06. The third-order valence-electron chi connectivity index (χ3n) is 4.10. The van der Waals surface area contributed by atoms with Crippen LogP contribution in [-0.2, 0) is 6.42 Å². The number of nitrogens with two attached hydrogens (primary N) is 1. The van der Waals surface area contributed by atoms with Crippen molar-refractivity contribution in [3.63, 3.8) is 0 Å². The van der Waals surface area contributed by atoms with Crippen LogP contribution in [-0.4, -0.2) is 24.6 Å². The molecular formula is C17H23N3. The molecule has 0 aliphatic carbocycles. The molecule has 2 heterocycles. The highest BCUT2D eigenvalue weighted by molar-refractivity contribution is 5.82. The molecule has 1 aliphatic heterocycles. The zero-order chi connectivity index (χ0) is 13.9. The van der Waals surface area contributed by atoms with Crippen molar-refractivity contribution in [3.8, 4) is 0 Å². The number of aryl methyl sites for hydroxylation is 1. The van der Waals surface area contributed by atoms with Gasteiger partial charge < -0.3 is 10.6 Å². The first-order valence-electron chi connectivity index (χ1n) is 7.63. The lowest BCUT2D eigenvalue weighted by molar-refractivity contribution is 0.572. The maximum Gasteiger partial charge on any atom is 0.132 e. The van der Waals surface area contributed by atoms with Crippen molar-refractivity contribution in [2.75, 3.05) is 24.5 Å². The highest BCUT2D eigenvalue weighted by atomic mass is 15.2. The molecule has 2 aromatic rings. The van der Waals surface area contributed by atoms with Crippen LogP contribution in [0.4, 0.5) is 5.82 Å². The molecule has 1 aliphatic rings. The zero-order valence-electron chi connectivity index (χ0n) is 12.2. The van der Waals surface area contributed by atoms with E-state index in [9.17, 15) is 0 Å². The molecule has 1 fully saturated rings. The number of anilines is 1. The maximum absolute atomic E-state index is 5.79. The van der Waals surface area contributed by atoms with Gasteiger partial charge in [-0.15, -0.1) is 0 Å². The number of rotatable bonds is 3. The predicted molar refractivity (Wildman–Crippen MR) is 85.3 cm³/mol. The molecule has 0 unspecified atom stereocenters. The summed E-state index contributed by atoms with van der Waals surface area (Å²) >= 11 is 0. The molecule has 2 N–H and O–H groups in total. The Morgan fingerprint density at radius 3 is 2.70 bits per heavy atom. The Hall–Kier alpha value is -1.61. The Labute approximate surface area is 120 Å². The lowest BCUT2D eigenvalue weighted by atomic mass is 10.0. The minimum absolute atomic E-state index is 0.680. The van der Waals surface area contributed by atoms with Gasteiger partial charge in [0.25, 0.3) is 0 Å². The molecule has 1 aromatic heterocycles. The fourth-order valence-electron chi connectivity index (χ4n) is 3.05. The van der Waals surface area contributed by atoms with Gasteiger partial charge in [0.1, 0.15) is 5.82 Å². The van der Waals surface area contributed by atoms with Crippen LogP contribution in [0.2, 0.25) is 0 Å². The van der Waals surface area contributed by atoms with Crippen molar-refractivity contribution < 1.29 is 0 Å². The standard InChI is InChI=1S/C17H23N3/c1-13-5-6-16-15(11-13)12-14(7-8-18)17(19-16)20-9-3-2-4-10-20/h5-6,11-12H,2-4,7-10,18H2,1H3. The summed E-state index contributed by atoms with van der Waals surface area (Å²) in [4.78, 5) is 7.37. The van der Waals surface area contributed by atoms with Crippen LogP contribution in [0.15, 0.2) is 24.3 Å². The number of benzene rings is 1. The van der Waals surface area contributed by atoms with Crippen LogP contribution < -0.4 is 10.6 Å². The summed E-state index contributed by atoms with van der Waals surface area (Å²) < 4.78 is 0. The Morgan fingerprint density at radius 1 is 1.15 bits per heavy atom. The number of nitrogens with zero attached hydrogens (tertiary/aromatic N) is 2. The van der Waals surface area contributed by atoms with Gasteiger partial charge in [-0.3, -0.25) is 0 Å². The van der Waals surface area contributed by atoms with Crippen molar-refractivity contribution in [3.05, 3.63) is 35.4 Å². The molecule has 106 valence electrons. The lowest BCUT2D eigenvalue weighted by Gasteiger charge is -2.29. The van der Waals surface area contributed by atoms with Gasteiger partial charge in [0.15, 0.2) is 0 Å². The van der Waals surface area contributed by atoms with E-state index in [0.717, 1.165) is 30.8 Å². The molecule has 3 nitrogen and oxygen atoms in total. The number of aromatic nitrogens is 1. The minimum Gasteiger partial charge on any atom is -0.356 e. The summed E-state index contributed by atoms with van der Waals surface area (Å²) in [6.07, 6.45) is 4.80. The molecule has 0 saturated carbocycles. The molecule has 3 heteroatoms. The molecule has 3 rings (SSSR count). The smallest absolute Gasteiger partial charge is 0.132 e. The number of pyridine rings is 1. The van der Waals surface area contributed by atoms with Gasteiger partial charge >= 0.3 is 0 Å². The number of fused-ring (bicyclic) bond motifs is 1. The van der Waals surface area contributed by atoms with E-state index >= 15 is 0 Å². The molecule has 0 spiro atoms. The highest BCUT2D eigenvalue weighted by Crippen LogP contribution is 2.27. The van der Waals surface area contributed by atoms with Crippen LogP contribution in [0.1, 0.15) is 30.4 Å². The average Bonchev–Trinajstić information content (AvgIpc) is 2.48. The van der Waals surface area contributed by atoms with Gasteiger partial charge in [-0.05, 0) is 62.9 Å². The van der Waals surface area contributed by atoms with Crippen LogP contribution in [0.3, 0.4) is 0 Å². The van der Waals surface area contributed by atoms with E-state index in [4.69, 9.17) is 10.7 Å². The molecule has 20 heavy (non-hydrogen) atoms. The summed E-state index contributed by atoms with van der Waals surface area (Å²) in [6, 6.07) is 8.76. The Balaban J connectivity index is 2.07. The average molecular weight is 269 g/mol. The van der Waals surface area contributed by atoms with E-state index in [0.29, 0.717) is 6.54 Å². The molecular weight excluding hydrogens is 246 g/mol. The topological polar surface area (TPSA) is 42.2 Å². The largest absolute Gasteiger partial charge is 0.356 e. The first-order chi connectivity index (χ1) is 9.78. The van der Waals surface area contributed by atoms with Gasteiger partial charge in [-0.25, -0.2) is 4.98 Å². The SMILES string of the molecule is Cc1ccc2nc(N3CCCCC3)c(CCN)cc2c1. The first-order valence-corrected chi connectivity index (χ1v) is 7.63. The van der Waals surface area contributed by atoms with Gasteiger partial charge in [0, 0.05) is 18.5 Å². The number of hydrogen-bond acceptors (Lipinski definition) is 3. The molecule has 0 radical (unpaired) electrons. The van der Waals surface area contributed by atoms with Gasteiger partial charge in [0.05, 0.1) is 5.52 Å². The normalized spacial score (nSPS) is 15.8. The quantitative estimate of drug-likeness (QED) is 0.931. The number of hydrogen-bond donors (Lipinski definition) is 1. The van der Waals surface area contributed by atoms with Gasteiger partial charge in [-0.1, -0.05) is 11.6 Å². The molecule has 0 atom stereocenters.